The van der Waals surface area contributed by atoms with Crippen molar-refractivity contribution in [2.75, 3.05) is 0 Å². The molecule has 62 valence electrons. The molecule has 0 aromatic heterocycles. The van der Waals surface area contributed by atoms with E-state index in [-0.39, 0.29) is 40.6 Å². The van der Waals surface area contributed by atoms with Crippen LogP contribution in [0, 0.1) is 0 Å². The summed E-state index contributed by atoms with van der Waals surface area (Å²) in [5.41, 5.74) is 0. The van der Waals surface area contributed by atoms with Crippen LogP contribution in [-0.2, 0) is 9.59 Å². The third-order valence-electron chi connectivity index (χ3n) is 0.183. The summed E-state index contributed by atoms with van der Waals surface area (Å²) in [5.74, 6) is -3.65. The van der Waals surface area contributed by atoms with Crippen molar-refractivity contribution in [3.05, 3.63) is 0 Å². The van der Waals surface area contributed by atoms with Crippen LogP contribution in [0.3, 0.4) is 0 Å². The minimum absolute atomic E-state index is 0. The predicted molar refractivity (Wildman–Crippen MR) is 33.9 cm³/mol. The molecule has 0 rings (SSSR count). The molecule has 4 N–H and O–H groups in total. The average molecular weight is 194 g/mol. The Bertz CT molecular complexity index is 144. The zero-order valence-electron chi connectivity index (χ0n) is 7.22. The van der Waals surface area contributed by atoms with Gasteiger partial charge in [-0.05, 0) is 0 Å². The Hall–Kier alpha value is -0.530. The minimum Gasteiger partial charge on any atom is -1.00 e. The van der Waals surface area contributed by atoms with Crippen molar-refractivity contribution >= 4 is 55.8 Å². The molecule has 8 heteroatoms. The molecule has 0 fully saturated rings. The van der Waals surface area contributed by atoms with E-state index >= 15 is 0 Å². The van der Waals surface area contributed by atoms with E-state index in [4.69, 9.17) is 34.8 Å². The molecule has 0 atom stereocenters. The molecule has 0 aromatic rings. The summed E-state index contributed by atoms with van der Waals surface area (Å²) in [6.07, 6.45) is -1.83. The number of carbonyl (C=O) groups is 3. The van der Waals surface area contributed by atoms with Crippen molar-refractivity contribution < 1.29 is 37.7 Å². The second kappa shape index (κ2) is 9.47. The van der Waals surface area contributed by atoms with Crippen molar-refractivity contribution in [2.45, 2.75) is 0 Å². The van der Waals surface area contributed by atoms with Gasteiger partial charge in [-0.15, -0.1) is 0 Å². The van der Waals surface area contributed by atoms with E-state index in [1.165, 1.54) is 0 Å². The third-order valence-corrected chi connectivity index (χ3v) is 0.183. The summed E-state index contributed by atoms with van der Waals surface area (Å²) in [4.78, 5) is 26.8. The predicted octanol–water partition coefficient (Wildman–Crippen LogP) is -0.778. The SMILES string of the molecule is O=C(O)C(=O)O.O=C(O)O.[Ca+2].[H-].[H-]. The molecule has 0 spiro atoms. The Morgan fingerprint density at radius 3 is 0.909 bits per heavy atom. The van der Waals surface area contributed by atoms with Crippen LogP contribution in [0.5, 0.6) is 0 Å². The summed E-state index contributed by atoms with van der Waals surface area (Å²) in [7, 11) is 0. The first-order valence-corrected chi connectivity index (χ1v) is 1.76. The van der Waals surface area contributed by atoms with Crippen molar-refractivity contribution in [3.8, 4) is 0 Å². The van der Waals surface area contributed by atoms with Gasteiger partial charge < -0.3 is 23.3 Å². The second-order valence-electron chi connectivity index (χ2n) is 0.893. The summed E-state index contributed by atoms with van der Waals surface area (Å²) in [6.45, 7) is 0. The van der Waals surface area contributed by atoms with Crippen molar-refractivity contribution in [3.63, 3.8) is 0 Å². The topological polar surface area (TPSA) is 132 Å². The molecule has 11 heavy (non-hydrogen) atoms. The van der Waals surface area contributed by atoms with Gasteiger partial charge in [0.1, 0.15) is 0 Å². The van der Waals surface area contributed by atoms with Crippen LogP contribution in [0.1, 0.15) is 2.85 Å². The number of hydrogen-bond acceptors (Lipinski definition) is 3. The van der Waals surface area contributed by atoms with Gasteiger partial charge in [0.15, 0.2) is 0 Å². The quantitative estimate of drug-likeness (QED) is 0.293. The minimum atomic E-state index is -1.83. The fraction of sp³-hybridized carbons (Fsp3) is 0. The van der Waals surface area contributed by atoms with E-state index in [9.17, 15) is 0 Å². The van der Waals surface area contributed by atoms with Gasteiger partial charge in [-0.1, -0.05) is 0 Å². The zero-order valence-corrected chi connectivity index (χ0v) is 7.43. The fourth-order valence-electron chi connectivity index (χ4n) is 0. The Morgan fingerprint density at radius 1 is 0.818 bits per heavy atom. The van der Waals surface area contributed by atoms with Gasteiger partial charge in [-0.25, -0.2) is 14.4 Å². The van der Waals surface area contributed by atoms with Crippen LogP contribution in [0.4, 0.5) is 4.79 Å². The Kier molecular flexibility index (Phi) is 14.5. The van der Waals surface area contributed by atoms with Crippen molar-refractivity contribution in [1.82, 2.24) is 0 Å². The van der Waals surface area contributed by atoms with E-state index < -0.39 is 18.1 Å². The number of carboxylic acids is 2. The van der Waals surface area contributed by atoms with Gasteiger partial charge in [-0.2, -0.15) is 0 Å². The van der Waals surface area contributed by atoms with Crippen LogP contribution in [0.15, 0.2) is 0 Å². The molecular formula is C3H6CaO7. The first kappa shape index (κ1) is 16.8. The second-order valence-corrected chi connectivity index (χ2v) is 0.893. The Morgan fingerprint density at radius 2 is 0.909 bits per heavy atom. The van der Waals surface area contributed by atoms with Crippen LogP contribution in [0.25, 0.3) is 0 Å². The molecule has 0 unspecified atom stereocenters. The standard InChI is InChI=1S/C2H2O4.CH2O3.Ca.2H/c3-1(4)2(5)6;2-1(3)4;;;/h(H,3,4)(H,5,6);(H2,2,3,4);;;/q;;+2;2*-1. The van der Waals surface area contributed by atoms with E-state index in [1.54, 1.807) is 0 Å². The zero-order chi connectivity index (χ0) is 8.73. The van der Waals surface area contributed by atoms with Gasteiger partial charge in [-0.3, -0.25) is 0 Å². The van der Waals surface area contributed by atoms with E-state index in [0.29, 0.717) is 0 Å². The van der Waals surface area contributed by atoms with Gasteiger partial charge in [0.05, 0.1) is 0 Å². The third kappa shape index (κ3) is 43.9. The van der Waals surface area contributed by atoms with Gasteiger partial charge >= 0.3 is 55.8 Å². The maximum absolute atomic E-state index is 9.10. The normalized spacial score (nSPS) is 6.18. The first-order chi connectivity index (χ1) is 4.37. The van der Waals surface area contributed by atoms with Crippen LogP contribution < -0.4 is 0 Å². The fourth-order valence-corrected chi connectivity index (χ4v) is 0. The molecule has 0 saturated heterocycles. The molecule has 0 aromatic carbocycles. The molecule has 0 bridgehead atoms. The average Bonchev–Trinajstić information content (AvgIpc) is 1.63. The number of carboxylic acid groups (broad SMARTS) is 4. The molecular weight excluding hydrogens is 188 g/mol. The number of aliphatic carboxylic acids is 2. The van der Waals surface area contributed by atoms with Gasteiger partial charge in [0.25, 0.3) is 0 Å². The van der Waals surface area contributed by atoms with E-state index in [2.05, 4.69) is 0 Å². The Balaban J connectivity index is -0.0000000279. The van der Waals surface area contributed by atoms with Crippen molar-refractivity contribution in [1.29, 1.82) is 0 Å². The molecule has 0 aliphatic rings. The molecule has 0 saturated carbocycles. The molecule has 0 aliphatic carbocycles. The van der Waals surface area contributed by atoms with Crippen LogP contribution >= 0.6 is 0 Å². The van der Waals surface area contributed by atoms with Gasteiger partial charge in [0.2, 0.25) is 0 Å². The molecule has 0 amide bonds. The monoisotopic (exact) mass is 194 g/mol. The molecule has 7 nitrogen and oxygen atoms in total. The molecule has 0 aliphatic heterocycles. The largest absolute Gasteiger partial charge is 2.00 e. The summed E-state index contributed by atoms with van der Waals surface area (Å²) in [6, 6.07) is 0. The van der Waals surface area contributed by atoms with Crippen LogP contribution in [-0.4, -0.2) is 76.3 Å². The van der Waals surface area contributed by atoms with Crippen molar-refractivity contribution in [2.24, 2.45) is 0 Å². The molecule has 0 radical (unpaired) electrons. The summed E-state index contributed by atoms with van der Waals surface area (Å²) in [5, 5.41) is 28.7. The maximum atomic E-state index is 9.10. The number of rotatable bonds is 0. The number of hydrogen-bond donors (Lipinski definition) is 4. The first-order valence-electron chi connectivity index (χ1n) is 1.76. The maximum Gasteiger partial charge on any atom is 2.00 e. The van der Waals surface area contributed by atoms with E-state index in [1.807, 2.05) is 0 Å². The smallest absolute Gasteiger partial charge is 1.00 e. The molecule has 0 heterocycles. The Labute approximate surface area is 93.2 Å². The summed E-state index contributed by atoms with van der Waals surface area (Å²) >= 11 is 0. The van der Waals surface area contributed by atoms with Gasteiger partial charge in [0, 0.05) is 0 Å². The van der Waals surface area contributed by atoms with Crippen LogP contribution in [0.2, 0.25) is 0 Å². The summed E-state index contributed by atoms with van der Waals surface area (Å²) < 4.78 is 0. The van der Waals surface area contributed by atoms with E-state index in [0.717, 1.165) is 0 Å².